The Morgan fingerprint density at radius 2 is 1.79 bits per heavy atom. The second-order valence-electron chi connectivity index (χ2n) is 5.24. The number of methoxy groups -OCH3 is 2. The fraction of sp³-hybridized carbons (Fsp3) is 0.312. The first-order chi connectivity index (χ1) is 11.6. The molecule has 1 aromatic heterocycles. The van der Waals surface area contributed by atoms with Crippen LogP contribution in [-0.2, 0) is 23.8 Å². The summed E-state index contributed by atoms with van der Waals surface area (Å²) >= 11 is 0. The molecule has 24 heavy (non-hydrogen) atoms. The minimum absolute atomic E-state index is 0.0896. The molecular formula is C16H17N3O5. The Morgan fingerprint density at radius 3 is 2.42 bits per heavy atom. The fourth-order valence-corrected chi connectivity index (χ4v) is 2.73. The summed E-state index contributed by atoms with van der Waals surface area (Å²) in [6.07, 6.45) is 5.24. The second kappa shape index (κ2) is 6.32. The van der Waals surface area contributed by atoms with Crippen LogP contribution < -0.4 is 0 Å². The number of pyridine rings is 1. The van der Waals surface area contributed by atoms with E-state index in [0.717, 1.165) is 0 Å². The summed E-state index contributed by atoms with van der Waals surface area (Å²) in [6, 6.07) is 3.45. The number of carbonyl (C=O) groups excluding carboxylic acids is 2. The molecule has 126 valence electrons. The van der Waals surface area contributed by atoms with E-state index in [1.165, 1.54) is 14.2 Å². The molecule has 3 rings (SSSR count). The number of aromatic nitrogens is 1. The average Bonchev–Trinajstić information content (AvgIpc) is 3.00. The largest absolute Gasteiger partial charge is 0.466 e. The molecule has 3 heterocycles. The molecule has 0 aliphatic carbocycles. The van der Waals surface area contributed by atoms with Gasteiger partial charge in [-0.1, -0.05) is 0 Å². The first-order valence-electron chi connectivity index (χ1n) is 7.23. The van der Waals surface area contributed by atoms with Gasteiger partial charge in [-0.25, -0.2) is 9.59 Å². The van der Waals surface area contributed by atoms with Gasteiger partial charge in [0.15, 0.2) is 0 Å². The molecule has 0 unspecified atom stereocenters. The number of hydrogen-bond acceptors (Lipinski definition) is 8. The number of hydrogen-bond donors (Lipinski definition) is 0. The minimum Gasteiger partial charge on any atom is -0.466 e. The van der Waals surface area contributed by atoms with Crippen molar-refractivity contribution in [3.8, 4) is 0 Å². The van der Waals surface area contributed by atoms with E-state index >= 15 is 0 Å². The van der Waals surface area contributed by atoms with Crippen LogP contribution in [-0.4, -0.2) is 54.3 Å². The Balaban J connectivity index is 2.19. The molecule has 8 heteroatoms. The predicted octanol–water partition coefficient (Wildman–Crippen LogP) is 0.755. The normalized spacial score (nSPS) is 22.5. The number of fused-ring (bicyclic) bond motifs is 1. The van der Waals surface area contributed by atoms with Gasteiger partial charge in [-0.3, -0.25) is 9.88 Å². The monoisotopic (exact) mass is 331 g/mol. The number of rotatable bonds is 3. The molecule has 0 N–H and O–H groups in total. The maximum Gasteiger partial charge on any atom is 0.355 e. The summed E-state index contributed by atoms with van der Waals surface area (Å²) in [6.45, 7) is 0. The zero-order chi connectivity index (χ0) is 17.3. The third kappa shape index (κ3) is 2.50. The Kier molecular flexibility index (Phi) is 4.22. The highest BCUT2D eigenvalue weighted by Gasteiger charge is 2.45. The van der Waals surface area contributed by atoms with Crippen molar-refractivity contribution in [2.24, 2.45) is 0 Å². The van der Waals surface area contributed by atoms with Crippen LogP contribution in [0.5, 0.6) is 0 Å². The SMILES string of the molecule is COC(=O)C1=C(C(=O)OC)N2C=CN(C)[C@H]2O[C@H]1c1ccncc1. The van der Waals surface area contributed by atoms with Gasteiger partial charge in [-0.2, -0.15) is 0 Å². The van der Waals surface area contributed by atoms with Crippen molar-refractivity contribution in [2.45, 2.75) is 12.5 Å². The fourth-order valence-electron chi connectivity index (χ4n) is 2.73. The van der Waals surface area contributed by atoms with E-state index in [1.54, 1.807) is 46.7 Å². The topological polar surface area (TPSA) is 81.2 Å². The lowest BCUT2D eigenvalue weighted by molar-refractivity contribution is -0.160. The summed E-state index contributed by atoms with van der Waals surface area (Å²) in [4.78, 5) is 32.1. The van der Waals surface area contributed by atoms with Gasteiger partial charge in [0.05, 0.1) is 14.2 Å². The molecule has 8 nitrogen and oxygen atoms in total. The Bertz CT molecular complexity index is 716. The van der Waals surface area contributed by atoms with Gasteiger partial charge in [0.1, 0.15) is 17.4 Å². The Hall–Kier alpha value is -2.87. The number of esters is 2. The Labute approximate surface area is 138 Å². The van der Waals surface area contributed by atoms with Crippen LogP contribution in [0, 0.1) is 0 Å². The van der Waals surface area contributed by atoms with Crippen molar-refractivity contribution in [3.05, 3.63) is 53.8 Å². The molecule has 0 amide bonds. The third-order valence-electron chi connectivity index (χ3n) is 3.87. The molecule has 0 saturated carbocycles. The minimum atomic E-state index is -0.779. The highest BCUT2D eigenvalue weighted by atomic mass is 16.6. The van der Waals surface area contributed by atoms with Crippen LogP contribution in [0.3, 0.4) is 0 Å². The van der Waals surface area contributed by atoms with Gasteiger partial charge >= 0.3 is 11.9 Å². The molecule has 0 aromatic carbocycles. The second-order valence-corrected chi connectivity index (χ2v) is 5.24. The summed E-state index contributed by atoms with van der Waals surface area (Å²) in [5.74, 6) is -1.29. The molecule has 0 spiro atoms. The lowest BCUT2D eigenvalue weighted by Gasteiger charge is -2.39. The van der Waals surface area contributed by atoms with Crippen LogP contribution in [0.2, 0.25) is 0 Å². The van der Waals surface area contributed by atoms with Crippen molar-refractivity contribution in [2.75, 3.05) is 21.3 Å². The van der Waals surface area contributed by atoms with Gasteiger partial charge in [0, 0.05) is 31.8 Å². The first-order valence-corrected chi connectivity index (χ1v) is 7.23. The summed E-state index contributed by atoms with van der Waals surface area (Å²) in [7, 11) is 4.33. The standard InChI is InChI=1S/C16H17N3O5/c1-18-8-9-19-12(15(21)23-3)11(14(20)22-2)13(24-16(18)19)10-4-6-17-7-5-10/h4-9,13,16H,1-3H3/t13-,16+/m0/s1. The van der Waals surface area contributed by atoms with E-state index in [-0.39, 0.29) is 11.3 Å². The maximum atomic E-state index is 12.4. The molecule has 0 radical (unpaired) electrons. The van der Waals surface area contributed by atoms with Gasteiger partial charge < -0.3 is 19.1 Å². The van der Waals surface area contributed by atoms with Crippen molar-refractivity contribution in [1.82, 2.24) is 14.8 Å². The van der Waals surface area contributed by atoms with Gasteiger partial charge in [0.2, 0.25) is 6.35 Å². The van der Waals surface area contributed by atoms with Gasteiger partial charge in [0.25, 0.3) is 0 Å². The van der Waals surface area contributed by atoms with E-state index in [2.05, 4.69) is 4.98 Å². The van der Waals surface area contributed by atoms with Gasteiger partial charge in [-0.05, 0) is 17.7 Å². The smallest absolute Gasteiger partial charge is 0.355 e. The van der Waals surface area contributed by atoms with Crippen LogP contribution in [0.1, 0.15) is 11.7 Å². The first kappa shape index (κ1) is 16.0. The van der Waals surface area contributed by atoms with E-state index < -0.39 is 24.4 Å². The summed E-state index contributed by atoms with van der Waals surface area (Å²) < 4.78 is 15.8. The maximum absolute atomic E-state index is 12.4. The van der Waals surface area contributed by atoms with Crippen molar-refractivity contribution >= 4 is 11.9 Å². The molecule has 2 aliphatic heterocycles. The van der Waals surface area contributed by atoms with Crippen LogP contribution in [0.15, 0.2) is 48.2 Å². The number of nitrogens with zero attached hydrogens (tertiary/aromatic N) is 3. The highest BCUT2D eigenvalue weighted by Crippen LogP contribution is 2.40. The molecule has 0 saturated heterocycles. The van der Waals surface area contributed by atoms with Crippen molar-refractivity contribution in [3.63, 3.8) is 0 Å². The quantitative estimate of drug-likeness (QED) is 0.751. The molecule has 0 bridgehead atoms. The molecule has 0 fully saturated rings. The van der Waals surface area contributed by atoms with Crippen molar-refractivity contribution < 1.29 is 23.8 Å². The lowest BCUT2D eigenvalue weighted by atomic mass is 9.98. The van der Waals surface area contributed by atoms with E-state index in [1.807, 2.05) is 7.05 Å². The zero-order valence-electron chi connectivity index (χ0n) is 13.5. The van der Waals surface area contributed by atoms with E-state index in [4.69, 9.17) is 14.2 Å². The lowest BCUT2D eigenvalue weighted by Crippen LogP contribution is -2.47. The zero-order valence-corrected chi connectivity index (χ0v) is 13.5. The van der Waals surface area contributed by atoms with E-state index in [9.17, 15) is 9.59 Å². The molecular weight excluding hydrogens is 314 g/mol. The summed E-state index contributed by atoms with van der Waals surface area (Å²) in [5, 5.41) is 0. The molecule has 2 atom stereocenters. The average molecular weight is 331 g/mol. The van der Waals surface area contributed by atoms with Crippen LogP contribution >= 0.6 is 0 Å². The van der Waals surface area contributed by atoms with Crippen LogP contribution in [0.4, 0.5) is 0 Å². The number of ether oxygens (including phenoxy) is 3. The third-order valence-corrected chi connectivity index (χ3v) is 3.87. The van der Waals surface area contributed by atoms with Crippen molar-refractivity contribution in [1.29, 1.82) is 0 Å². The predicted molar refractivity (Wildman–Crippen MR) is 81.7 cm³/mol. The van der Waals surface area contributed by atoms with Crippen LogP contribution in [0.25, 0.3) is 0 Å². The molecule has 1 aromatic rings. The molecule has 2 aliphatic rings. The van der Waals surface area contributed by atoms with E-state index in [0.29, 0.717) is 5.56 Å². The van der Waals surface area contributed by atoms with Gasteiger partial charge in [-0.15, -0.1) is 0 Å². The summed E-state index contributed by atoms with van der Waals surface area (Å²) in [5.41, 5.74) is 0.876. The highest BCUT2D eigenvalue weighted by molar-refractivity contribution is 6.01. The Morgan fingerprint density at radius 1 is 1.12 bits per heavy atom. The number of carbonyl (C=O) groups is 2.